The number of hydrogen-bond acceptors (Lipinski definition) is 2. The third-order valence-corrected chi connectivity index (χ3v) is 7.03. The summed E-state index contributed by atoms with van der Waals surface area (Å²) in [7, 11) is 0. The number of Topliss-reactive ketones (excluding diaryl/α,β-unsaturated/α-hetero) is 2. The average Bonchev–Trinajstić information content (AvgIpc) is 2.46. The van der Waals surface area contributed by atoms with E-state index in [9.17, 15) is 9.59 Å². The van der Waals surface area contributed by atoms with Crippen molar-refractivity contribution in [3.8, 4) is 0 Å². The molecule has 5 rings (SSSR count). The summed E-state index contributed by atoms with van der Waals surface area (Å²) in [6.07, 6.45) is 13.4. The number of carbonyl (C=O) groups excluding carboxylic acids is 2. The first-order chi connectivity index (χ1) is 10.1. The van der Waals surface area contributed by atoms with E-state index in [2.05, 4.69) is 0 Å². The molecule has 0 aromatic rings. The zero-order valence-corrected chi connectivity index (χ0v) is 13.1. The van der Waals surface area contributed by atoms with Crippen LogP contribution in [0.3, 0.4) is 0 Å². The Bertz CT molecular complexity index is 409. The molecule has 0 heterocycles. The predicted molar refractivity (Wildman–Crippen MR) is 81.8 cm³/mol. The van der Waals surface area contributed by atoms with Crippen LogP contribution < -0.4 is 0 Å². The van der Waals surface area contributed by atoms with Gasteiger partial charge < -0.3 is 0 Å². The Morgan fingerprint density at radius 2 is 1.33 bits per heavy atom. The lowest BCUT2D eigenvalue weighted by atomic mass is 9.48. The molecule has 0 aromatic carbocycles. The second kappa shape index (κ2) is 5.21. The van der Waals surface area contributed by atoms with Gasteiger partial charge in [-0.2, -0.15) is 0 Å². The van der Waals surface area contributed by atoms with Crippen LogP contribution >= 0.6 is 0 Å². The summed E-state index contributed by atoms with van der Waals surface area (Å²) < 4.78 is 0. The molecule has 0 radical (unpaired) electrons. The van der Waals surface area contributed by atoms with Gasteiger partial charge in [0.2, 0.25) is 0 Å². The van der Waals surface area contributed by atoms with Gasteiger partial charge in [-0.3, -0.25) is 9.59 Å². The van der Waals surface area contributed by atoms with Gasteiger partial charge in [0, 0.05) is 11.3 Å². The fourth-order valence-electron chi connectivity index (χ4n) is 6.37. The summed E-state index contributed by atoms with van der Waals surface area (Å²) in [6.45, 7) is 0. The topological polar surface area (TPSA) is 34.1 Å². The highest BCUT2D eigenvalue weighted by Crippen LogP contribution is 2.60. The number of rotatable bonds is 4. The molecule has 0 unspecified atom stereocenters. The summed E-state index contributed by atoms with van der Waals surface area (Å²) in [5, 5.41) is 0. The average molecular weight is 288 g/mol. The van der Waals surface area contributed by atoms with Crippen molar-refractivity contribution >= 4 is 11.6 Å². The molecule has 4 bridgehead atoms. The second-order valence-electron chi connectivity index (χ2n) is 8.60. The van der Waals surface area contributed by atoms with E-state index >= 15 is 0 Å². The Balaban J connectivity index is 1.43. The van der Waals surface area contributed by atoms with Crippen LogP contribution in [0, 0.1) is 29.1 Å². The highest BCUT2D eigenvalue weighted by Gasteiger charge is 2.54. The van der Waals surface area contributed by atoms with E-state index in [0.717, 1.165) is 49.9 Å². The first-order valence-corrected chi connectivity index (χ1v) is 9.21. The van der Waals surface area contributed by atoms with Crippen LogP contribution in [0.5, 0.6) is 0 Å². The monoisotopic (exact) mass is 288 g/mol. The minimum Gasteiger partial charge on any atom is -0.299 e. The van der Waals surface area contributed by atoms with Gasteiger partial charge in [0.1, 0.15) is 11.6 Å². The number of ketones is 2. The highest BCUT2D eigenvalue weighted by molar-refractivity contribution is 6.02. The maximum atomic E-state index is 12.9. The van der Waals surface area contributed by atoms with Gasteiger partial charge in [-0.1, -0.05) is 19.3 Å². The quantitative estimate of drug-likeness (QED) is 0.722. The van der Waals surface area contributed by atoms with E-state index in [1.807, 2.05) is 0 Å². The molecule has 0 aromatic heterocycles. The Hall–Kier alpha value is -0.660. The largest absolute Gasteiger partial charge is 0.299 e. The van der Waals surface area contributed by atoms with Crippen molar-refractivity contribution in [3.05, 3.63) is 0 Å². The lowest BCUT2D eigenvalue weighted by molar-refractivity contribution is -0.147. The molecule has 5 aliphatic rings. The number of hydrogen-bond donors (Lipinski definition) is 0. The molecular formula is C19H28O2. The summed E-state index contributed by atoms with van der Waals surface area (Å²) in [5.41, 5.74) is -0.0704. The van der Waals surface area contributed by atoms with Crippen molar-refractivity contribution in [1.29, 1.82) is 0 Å². The van der Waals surface area contributed by atoms with Gasteiger partial charge in [-0.25, -0.2) is 0 Å². The van der Waals surface area contributed by atoms with Gasteiger partial charge in [-0.05, 0) is 69.1 Å². The molecule has 0 aliphatic heterocycles. The molecule has 0 atom stereocenters. The fourth-order valence-corrected chi connectivity index (χ4v) is 6.37. The lowest BCUT2D eigenvalue weighted by Crippen LogP contribution is -2.50. The van der Waals surface area contributed by atoms with E-state index in [1.165, 1.54) is 38.5 Å². The zero-order valence-electron chi connectivity index (χ0n) is 13.1. The van der Waals surface area contributed by atoms with Gasteiger partial charge in [0.15, 0.2) is 0 Å². The molecule has 2 nitrogen and oxygen atoms in total. The van der Waals surface area contributed by atoms with E-state index in [1.54, 1.807) is 0 Å². The SMILES string of the molecule is O=C(CC(=O)C12CC3CC(CC(C3)C1)C2)C1CCCCC1. The van der Waals surface area contributed by atoms with Gasteiger partial charge in [-0.15, -0.1) is 0 Å². The molecule has 0 saturated heterocycles. The molecule has 0 amide bonds. The summed E-state index contributed by atoms with van der Waals surface area (Å²) in [4.78, 5) is 25.4. The smallest absolute Gasteiger partial charge is 0.146 e. The van der Waals surface area contributed by atoms with Crippen LogP contribution in [0.1, 0.15) is 77.0 Å². The third-order valence-electron chi connectivity index (χ3n) is 7.03. The Kier molecular flexibility index (Phi) is 3.46. The minimum absolute atomic E-state index is 0.0704. The van der Waals surface area contributed by atoms with E-state index in [4.69, 9.17) is 0 Å². The Morgan fingerprint density at radius 1 is 0.810 bits per heavy atom. The predicted octanol–water partition coefficient (Wildman–Crippen LogP) is 4.31. The van der Waals surface area contributed by atoms with Crippen molar-refractivity contribution in [2.45, 2.75) is 77.0 Å². The summed E-state index contributed by atoms with van der Waals surface area (Å²) >= 11 is 0. The van der Waals surface area contributed by atoms with Crippen molar-refractivity contribution in [3.63, 3.8) is 0 Å². The molecule has 0 N–H and O–H groups in total. The second-order valence-corrected chi connectivity index (χ2v) is 8.60. The zero-order chi connectivity index (χ0) is 14.4. The number of carbonyl (C=O) groups is 2. The minimum atomic E-state index is -0.0704. The van der Waals surface area contributed by atoms with Crippen molar-refractivity contribution in [2.24, 2.45) is 29.1 Å². The van der Waals surface area contributed by atoms with E-state index in [-0.39, 0.29) is 23.5 Å². The van der Waals surface area contributed by atoms with Crippen LogP contribution in [-0.4, -0.2) is 11.6 Å². The van der Waals surface area contributed by atoms with Crippen LogP contribution in [0.15, 0.2) is 0 Å². The molecular weight excluding hydrogens is 260 g/mol. The van der Waals surface area contributed by atoms with E-state index in [0.29, 0.717) is 5.78 Å². The van der Waals surface area contributed by atoms with Crippen molar-refractivity contribution in [2.75, 3.05) is 0 Å². The Morgan fingerprint density at radius 3 is 1.86 bits per heavy atom. The van der Waals surface area contributed by atoms with Crippen LogP contribution in [0.2, 0.25) is 0 Å². The maximum Gasteiger partial charge on any atom is 0.146 e. The molecule has 5 fully saturated rings. The lowest BCUT2D eigenvalue weighted by Gasteiger charge is -2.56. The fraction of sp³-hybridized carbons (Fsp3) is 0.895. The van der Waals surface area contributed by atoms with Crippen LogP contribution in [0.25, 0.3) is 0 Å². The van der Waals surface area contributed by atoms with E-state index < -0.39 is 0 Å². The summed E-state index contributed by atoms with van der Waals surface area (Å²) in [6, 6.07) is 0. The normalized spacial score (nSPS) is 42.2. The first kappa shape index (κ1) is 14.0. The first-order valence-electron chi connectivity index (χ1n) is 9.21. The summed E-state index contributed by atoms with van der Waals surface area (Å²) in [5.74, 6) is 3.20. The third kappa shape index (κ3) is 2.49. The molecule has 0 spiro atoms. The molecule has 5 aliphatic carbocycles. The van der Waals surface area contributed by atoms with Crippen molar-refractivity contribution in [1.82, 2.24) is 0 Å². The molecule has 2 heteroatoms. The van der Waals surface area contributed by atoms with Crippen LogP contribution in [0.4, 0.5) is 0 Å². The highest BCUT2D eigenvalue weighted by atomic mass is 16.1. The standard InChI is InChI=1S/C19H28O2/c20-17(16-4-2-1-3-5-16)9-18(21)19-10-13-6-14(11-19)8-15(7-13)12-19/h13-16H,1-12H2. The molecule has 116 valence electrons. The van der Waals surface area contributed by atoms with Crippen LogP contribution in [-0.2, 0) is 9.59 Å². The van der Waals surface area contributed by atoms with Crippen molar-refractivity contribution < 1.29 is 9.59 Å². The van der Waals surface area contributed by atoms with Gasteiger partial charge in [0.25, 0.3) is 0 Å². The molecule has 21 heavy (non-hydrogen) atoms. The maximum absolute atomic E-state index is 12.9. The Labute approximate surface area is 128 Å². The van der Waals surface area contributed by atoms with Gasteiger partial charge >= 0.3 is 0 Å². The van der Waals surface area contributed by atoms with Gasteiger partial charge in [0.05, 0.1) is 6.42 Å². The molecule has 5 saturated carbocycles.